The molecule has 2 aromatic heterocycles. The number of anilines is 1. The number of imide groups is 1. The van der Waals surface area contributed by atoms with Crippen molar-refractivity contribution < 1.29 is 14.3 Å². The number of carbonyl (C=O) groups is 2. The molecule has 0 saturated carbocycles. The third kappa shape index (κ3) is 4.38. The molecule has 8 nitrogen and oxygen atoms in total. The highest BCUT2D eigenvalue weighted by Gasteiger charge is 2.15. The summed E-state index contributed by atoms with van der Waals surface area (Å²) in [6, 6.07) is 12.9. The molecule has 0 fully saturated rings. The summed E-state index contributed by atoms with van der Waals surface area (Å²) >= 11 is 1.21. The van der Waals surface area contributed by atoms with Crippen molar-refractivity contribution in [3.8, 4) is 5.75 Å². The Kier molecular flexibility index (Phi) is 6.00. The lowest BCUT2D eigenvalue weighted by Crippen LogP contribution is -2.35. The van der Waals surface area contributed by atoms with Crippen LogP contribution >= 0.6 is 11.8 Å². The predicted molar refractivity (Wildman–Crippen MR) is 126 cm³/mol. The number of nitrogens with zero attached hydrogens (tertiary/aromatic N) is 3. The molecule has 32 heavy (non-hydrogen) atoms. The second-order valence-corrected chi connectivity index (χ2v) is 8.44. The van der Waals surface area contributed by atoms with Crippen LogP contribution in [0.5, 0.6) is 5.75 Å². The number of aryl methyl sites for hydroxylation is 3. The van der Waals surface area contributed by atoms with E-state index in [2.05, 4.69) is 20.8 Å². The number of rotatable bonds is 5. The van der Waals surface area contributed by atoms with E-state index >= 15 is 0 Å². The van der Waals surface area contributed by atoms with Crippen molar-refractivity contribution >= 4 is 45.9 Å². The number of fused-ring (bicyclic) bond motifs is 3. The maximum atomic E-state index is 12.4. The third-order valence-corrected chi connectivity index (χ3v) is 6.02. The van der Waals surface area contributed by atoms with Gasteiger partial charge in [-0.05, 0) is 56.2 Å². The van der Waals surface area contributed by atoms with Gasteiger partial charge in [-0.1, -0.05) is 29.5 Å². The SMILES string of the molecule is COc1ccc2c(C)cc3nnc(SCC(=O)NC(=O)Nc4ccc(C)cc4C)n3c2c1. The smallest absolute Gasteiger partial charge is 0.325 e. The van der Waals surface area contributed by atoms with Crippen LogP contribution in [0, 0.1) is 20.8 Å². The van der Waals surface area contributed by atoms with E-state index in [4.69, 9.17) is 4.74 Å². The molecule has 2 aromatic carbocycles. The van der Waals surface area contributed by atoms with Gasteiger partial charge in [-0.25, -0.2) is 4.79 Å². The summed E-state index contributed by atoms with van der Waals surface area (Å²) in [4.78, 5) is 24.6. The topological polar surface area (TPSA) is 97.6 Å². The second-order valence-electron chi connectivity index (χ2n) is 7.50. The van der Waals surface area contributed by atoms with Gasteiger partial charge in [0.05, 0.1) is 18.4 Å². The molecular formula is C23H23N5O3S. The summed E-state index contributed by atoms with van der Waals surface area (Å²) < 4.78 is 7.25. The lowest BCUT2D eigenvalue weighted by molar-refractivity contribution is -0.117. The van der Waals surface area contributed by atoms with Crippen LogP contribution in [0.4, 0.5) is 10.5 Å². The standard InChI is InChI=1S/C23H23N5O3S/c1-13-5-8-18(15(3)9-13)24-22(30)25-21(29)12-32-23-27-26-20-10-14(2)17-7-6-16(31-4)11-19(17)28(20)23/h5-11H,12H2,1-4H3,(H2,24,25,29,30). The molecule has 0 saturated heterocycles. The zero-order chi connectivity index (χ0) is 22.8. The van der Waals surface area contributed by atoms with Crippen molar-refractivity contribution in [2.75, 3.05) is 18.2 Å². The molecule has 0 spiro atoms. The maximum absolute atomic E-state index is 12.4. The highest BCUT2D eigenvalue weighted by atomic mass is 32.2. The van der Waals surface area contributed by atoms with Gasteiger partial charge in [0.1, 0.15) is 5.75 Å². The Morgan fingerprint density at radius 2 is 1.84 bits per heavy atom. The van der Waals surface area contributed by atoms with Gasteiger partial charge in [0.2, 0.25) is 5.91 Å². The van der Waals surface area contributed by atoms with Crippen molar-refractivity contribution in [2.24, 2.45) is 0 Å². The molecule has 4 aromatic rings. The van der Waals surface area contributed by atoms with Crippen LogP contribution in [0.3, 0.4) is 0 Å². The monoisotopic (exact) mass is 449 g/mol. The van der Waals surface area contributed by atoms with Gasteiger partial charge in [0, 0.05) is 17.1 Å². The summed E-state index contributed by atoms with van der Waals surface area (Å²) in [5.41, 5.74) is 5.32. The van der Waals surface area contributed by atoms with E-state index in [0.29, 0.717) is 16.5 Å². The summed E-state index contributed by atoms with van der Waals surface area (Å²) in [5, 5.41) is 15.1. The van der Waals surface area contributed by atoms with Crippen LogP contribution in [0.15, 0.2) is 47.6 Å². The van der Waals surface area contributed by atoms with Crippen molar-refractivity contribution in [1.82, 2.24) is 19.9 Å². The number of methoxy groups -OCH3 is 1. The molecule has 3 amide bonds. The summed E-state index contributed by atoms with van der Waals surface area (Å²) in [5.74, 6) is 0.304. The second kappa shape index (κ2) is 8.88. The molecule has 0 atom stereocenters. The van der Waals surface area contributed by atoms with Gasteiger partial charge < -0.3 is 10.1 Å². The predicted octanol–water partition coefficient (Wildman–Crippen LogP) is 4.26. The molecule has 0 aliphatic carbocycles. The van der Waals surface area contributed by atoms with E-state index in [0.717, 1.165) is 33.3 Å². The first-order chi connectivity index (χ1) is 15.4. The molecule has 164 valence electrons. The lowest BCUT2D eigenvalue weighted by Gasteiger charge is -2.10. The zero-order valence-electron chi connectivity index (χ0n) is 18.2. The highest BCUT2D eigenvalue weighted by molar-refractivity contribution is 7.99. The van der Waals surface area contributed by atoms with Crippen molar-refractivity contribution in [2.45, 2.75) is 25.9 Å². The number of aromatic nitrogens is 3. The molecule has 0 aliphatic heterocycles. The normalized spacial score (nSPS) is 11.0. The van der Waals surface area contributed by atoms with Gasteiger partial charge in [-0.2, -0.15) is 0 Å². The minimum absolute atomic E-state index is 0.0143. The van der Waals surface area contributed by atoms with Gasteiger partial charge >= 0.3 is 6.03 Å². The fourth-order valence-electron chi connectivity index (χ4n) is 3.52. The number of pyridine rings is 1. The van der Waals surface area contributed by atoms with E-state index in [1.165, 1.54) is 11.8 Å². The molecule has 9 heteroatoms. The van der Waals surface area contributed by atoms with Crippen LogP contribution in [-0.2, 0) is 4.79 Å². The van der Waals surface area contributed by atoms with Crippen LogP contribution in [-0.4, -0.2) is 39.4 Å². The van der Waals surface area contributed by atoms with E-state index in [-0.39, 0.29) is 5.75 Å². The Balaban J connectivity index is 1.48. The number of benzene rings is 2. The Bertz CT molecular complexity index is 1350. The number of amides is 3. The molecule has 0 aliphatic rings. The summed E-state index contributed by atoms with van der Waals surface area (Å²) in [6.07, 6.45) is 0. The summed E-state index contributed by atoms with van der Waals surface area (Å²) in [7, 11) is 1.61. The fraction of sp³-hybridized carbons (Fsp3) is 0.217. The first-order valence-electron chi connectivity index (χ1n) is 9.99. The minimum Gasteiger partial charge on any atom is -0.497 e. The number of carbonyl (C=O) groups excluding carboxylic acids is 2. The van der Waals surface area contributed by atoms with Crippen molar-refractivity contribution in [3.63, 3.8) is 0 Å². The maximum Gasteiger partial charge on any atom is 0.325 e. The van der Waals surface area contributed by atoms with Gasteiger partial charge in [0.15, 0.2) is 10.8 Å². The van der Waals surface area contributed by atoms with Crippen LogP contribution in [0.1, 0.15) is 16.7 Å². The highest BCUT2D eigenvalue weighted by Crippen LogP contribution is 2.28. The van der Waals surface area contributed by atoms with Crippen LogP contribution < -0.4 is 15.4 Å². The average molecular weight is 450 g/mol. The first-order valence-corrected chi connectivity index (χ1v) is 11.0. The minimum atomic E-state index is -0.570. The van der Waals surface area contributed by atoms with Gasteiger partial charge in [0.25, 0.3) is 0 Å². The largest absolute Gasteiger partial charge is 0.497 e. The zero-order valence-corrected chi connectivity index (χ0v) is 19.0. The fourth-order valence-corrected chi connectivity index (χ4v) is 4.28. The third-order valence-electron chi connectivity index (χ3n) is 5.09. The van der Waals surface area contributed by atoms with E-state index < -0.39 is 11.9 Å². The number of hydrogen-bond acceptors (Lipinski definition) is 6. The molecule has 4 rings (SSSR count). The average Bonchev–Trinajstić information content (AvgIpc) is 3.17. The number of thioether (sulfide) groups is 1. The Labute approximate surface area is 189 Å². The molecule has 0 unspecified atom stereocenters. The summed E-state index contributed by atoms with van der Waals surface area (Å²) in [6.45, 7) is 5.89. The molecule has 2 N–H and O–H groups in total. The Morgan fingerprint density at radius 1 is 1.03 bits per heavy atom. The molecule has 2 heterocycles. The number of nitrogens with one attached hydrogen (secondary N) is 2. The van der Waals surface area contributed by atoms with Crippen LogP contribution in [0.25, 0.3) is 16.6 Å². The molecular weight excluding hydrogens is 426 g/mol. The van der Waals surface area contributed by atoms with Crippen LogP contribution in [0.2, 0.25) is 0 Å². The Hall–Kier alpha value is -3.59. The Morgan fingerprint density at radius 3 is 2.59 bits per heavy atom. The van der Waals surface area contributed by atoms with Gasteiger partial charge in [-0.15, -0.1) is 10.2 Å². The van der Waals surface area contributed by atoms with E-state index in [9.17, 15) is 9.59 Å². The van der Waals surface area contributed by atoms with Crippen molar-refractivity contribution in [3.05, 3.63) is 59.2 Å². The van der Waals surface area contributed by atoms with E-state index in [1.807, 2.05) is 67.6 Å². The number of urea groups is 1. The first kappa shape index (κ1) is 21.6. The van der Waals surface area contributed by atoms with E-state index in [1.54, 1.807) is 7.11 Å². The van der Waals surface area contributed by atoms with Crippen molar-refractivity contribution in [1.29, 1.82) is 0 Å². The lowest BCUT2D eigenvalue weighted by atomic mass is 10.1. The quantitative estimate of drug-likeness (QED) is 0.442. The molecule has 0 bridgehead atoms. The number of hydrogen-bond donors (Lipinski definition) is 2. The molecule has 0 radical (unpaired) electrons. The number of ether oxygens (including phenoxy) is 1. The van der Waals surface area contributed by atoms with Gasteiger partial charge in [-0.3, -0.25) is 14.5 Å².